The van der Waals surface area contributed by atoms with Gasteiger partial charge in [0.25, 0.3) is 0 Å². The summed E-state index contributed by atoms with van der Waals surface area (Å²) in [5.41, 5.74) is 6.11. The second-order valence-electron chi connectivity index (χ2n) is 3.15. The van der Waals surface area contributed by atoms with Gasteiger partial charge in [-0.05, 0) is 26.0 Å². The Labute approximate surface area is 77.8 Å². The molecule has 4 nitrogen and oxygen atoms in total. The van der Waals surface area contributed by atoms with E-state index in [0.717, 1.165) is 5.82 Å². The first-order valence-corrected chi connectivity index (χ1v) is 4.25. The molecule has 2 atom stereocenters. The second-order valence-corrected chi connectivity index (χ2v) is 3.15. The molecule has 0 aliphatic carbocycles. The van der Waals surface area contributed by atoms with E-state index in [0.29, 0.717) is 5.69 Å². The molecule has 1 aromatic rings. The van der Waals surface area contributed by atoms with Crippen molar-refractivity contribution in [2.45, 2.75) is 26.0 Å². The minimum Gasteiger partial charge on any atom is -0.397 e. The van der Waals surface area contributed by atoms with E-state index in [-0.39, 0.29) is 6.04 Å². The second kappa shape index (κ2) is 4.09. The molecule has 0 amide bonds. The van der Waals surface area contributed by atoms with E-state index in [2.05, 4.69) is 10.3 Å². The largest absolute Gasteiger partial charge is 0.397 e. The highest BCUT2D eigenvalue weighted by atomic mass is 16.3. The number of anilines is 2. The lowest BCUT2D eigenvalue weighted by Gasteiger charge is -2.16. The van der Waals surface area contributed by atoms with Crippen molar-refractivity contribution < 1.29 is 5.11 Å². The molecule has 4 N–H and O–H groups in total. The van der Waals surface area contributed by atoms with E-state index in [1.807, 2.05) is 6.92 Å². The Morgan fingerprint density at radius 1 is 1.46 bits per heavy atom. The zero-order valence-electron chi connectivity index (χ0n) is 7.86. The lowest BCUT2D eigenvalue weighted by Crippen LogP contribution is -2.28. The number of aromatic nitrogens is 1. The predicted octanol–water partition coefficient (Wildman–Crippen LogP) is 0.845. The van der Waals surface area contributed by atoms with Crippen LogP contribution in [0.4, 0.5) is 11.5 Å². The van der Waals surface area contributed by atoms with Crippen LogP contribution in [0.5, 0.6) is 0 Å². The van der Waals surface area contributed by atoms with Crippen LogP contribution in [-0.4, -0.2) is 22.2 Å². The number of nitrogens with two attached hydrogens (primary N) is 1. The summed E-state index contributed by atoms with van der Waals surface area (Å²) in [6.45, 7) is 3.62. The molecule has 0 aliphatic rings. The summed E-state index contributed by atoms with van der Waals surface area (Å²) in [5, 5.41) is 12.3. The third-order valence-electron chi connectivity index (χ3n) is 1.89. The van der Waals surface area contributed by atoms with E-state index in [1.54, 1.807) is 25.3 Å². The summed E-state index contributed by atoms with van der Waals surface area (Å²) in [4.78, 5) is 4.05. The van der Waals surface area contributed by atoms with Crippen molar-refractivity contribution in [1.29, 1.82) is 0 Å². The van der Waals surface area contributed by atoms with Gasteiger partial charge in [-0.25, -0.2) is 4.98 Å². The maximum Gasteiger partial charge on any atom is 0.126 e. The molecule has 72 valence electrons. The first-order chi connectivity index (χ1) is 6.09. The molecule has 0 fully saturated rings. The predicted molar refractivity (Wildman–Crippen MR) is 53.4 cm³/mol. The first kappa shape index (κ1) is 9.80. The standard InChI is InChI=1S/C9H15N3O/c1-6(7(2)13)12-9-4-3-8(10)5-11-9/h3-7,13H,10H2,1-2H3,(H,11,12). The molecule has 4 heteroatoms. The van der Waals surface area contributed by atoms with Gasteiger partial charge in [0.05, 0.1) is 24.0 Å². The van der Waals surface area contributed by atoms with Gasteiger partial charge in [-0.15, -0.1) is 0 Å². The van der Waals surface area contributed by atoms with Gasteiger partial charge in [-0.1, -0.05) is 0 Å². The van der Waals surface area contributed by atoms with Gasteiger partial charge in [-0.3, -0.25) is 0 Å². The van der Waals surface area contributed by atoms with Crippen LogP contribution in [-0.2, 0) is 0 Å². The van der Waals surface area contributed by atoms with Crippen LogP contribution >= 0.6 is 0 Å². The summed E-state index contributed by atoms with van der Waals surface area (Å²) in [6.07, 6.45) is 1.18. The Morgan fingerprint density at radius 3 is 2.62 bits per heavy atom. The number of pyridine rings is 1. The van der Waals surface area contributed by atoms with Gasteiger partial charge in [0.15, 0.2) is 0 Å². The van der Waals surface area contributed by atoms with Gasteiger partial charge in [0.2, 0.25) is 0 Å². The third kappa shape index (κ3) is 2.91. The molecule has 0 aliphatic heterocycles. The van der Waals surface area contributed by atoms with Crippen LogP contribution in [0.1, 0.15) is 13.8 Å². The molecule has 13 heavy (non-hydrogen) atoms. The highest BCUT2D eigenvalue weighted by Gasteiger charge is 2.07. The number of rotatable bonds is 3. The molecule has 1 aromatic heterocycles. The molecule has 1 rings (SSSR count). The Morgan fingerprint density at radius 2 is 2.15 bits per heavy atom. The fraction of sp³-hybridized carbons (Fsp3) is 0.444. The smallest absolute Gasteiger partial charge is 0.126 e. The molecular weight excluding hydrogens is 166 g/mol. The van der Waals surface area contributed by atoms with Gasteiger partial charge in [0, 0.05) is 0 Å². The third-order valence-corrected chi connectivity index (χ3v) is 1.89. The number of nitrogen functional groups attached to an aromatic ring is 1. The molecular formula is C9H15N3O. The van der Waals surface area contributed by atoms with E-state index in [4.69, 9.17) is 5.73 Å². The summed E-state index contributed by atoms with van der Waals surface area (Å²) < 4.78 is 0. The van der Waals surface area contributed by atoms with E-state index in [9.17, 15) is 5.11 Å². The molecule has 0 radical (unpaired) electrons. The first-order valence-electron chi connectivity index (χ1n) is 4.25. The lowest BCUT2D eigenvalue weighted by atomic mass is 10.2. The normalized spacial score (nSPS) is 15.0. The van der Waals surface area contributed by atoms with Crippen molar-refractivity contribution in [3.63, 3.8) is 0 Å². The topological polar surface area (TPSA) is 71.2 Å². The van der Waals surface area contributed by atoms with Crippen molar-refractivity contribution in [2.24, 2.45) is 0 Å². The van der Waals surface area contributed by atoms with Crippen molar-refractivity contribution >= 4 is 11.5 Å². The van der Waals surface area contributed by atoms with Crippen molar-refractivity contribution in [3.05, 3.63) is 18.3 Å². The Kier molecular flexibility index (Phi) is 3.08. The zero-order chi connectivity index (χ0) is 9.84. The average molecular weight is 181 g/mol. The molecule has 0 bridgehead atoms. The molecule has 2 unspecified atom stereocenters. The Bertz CT molecular complexity index is 258. The Hall–Kier alpha value is -1.29. The fourth-order valence-corrected chi connectivity index (χ4v) is 0.845. The van der Waals surface area contributed by atoms with Crippen molar-refractivity contribution in [3.8, 4) is 0 Å². The van der Waals surface area contributed by atoms with Gasteiger partial charge in [-0.2, -0.15) is 0 Å². The molecule has 1 heterocycles. The van der Waals surface area contributed by atoms with Crippen LogP contribution in [0.2, 0.25) is 0 Å². The molecule has 0 spiro atoms. The molecule has 0 aromatic carbocycles. The maximum absolute atomic E-state index is 9.22. The number of nitrogens with one attached hydrogen (secondary N) is 1. The monoisotopic (exact) mass is 181 g/mol. The summed E-state index contributed by atoms with van der Waals surface area (Å²) >= 11 is 0. The van der Waals surface area contributed by atoms with Crippen LogP contribution < -0.4 is 11.1 Å². The van der Waals surface area contributed by atoms with Gasteiger partial charge < -0.3 is 16.2 Å². The maximum atomic E-state index is 9.22. The quantitative estimate of drug-likeness (QED) is 0.646. The number of aliphatic hydroxyl groups is 1. The average Bonchev–Trinajstić information content (AvgIpc) is 2.08. The zero-order valence-corrected chi connectivity index (χ0v) is 7.86. The van der Waals surface area contributed by atoms with Crippen molar-refractivity contribution in [1.82, 2.24) is 4.98 Å². The van der Waals surface area contributed by atoms with Gasteiger partial charge >= 0.3 is 0 Å². The Balaban J connectivity index is 2.59. The van der Waals surface area contributed by atoms with E-state index < -0.39 is 6.10 Å². The van der Waals surface area contributed by atoms with Crippen LogP contribution in [0, 0.1) is 0 Å². The summed E-state index contributed by atoms with van der Waals surface area (Å²) in [5.74, 6) is 0.725. The van der Waals surface area contributed by atoms with Crippen LogP contribution in [0.3, 0.4) is 0 Å². The minimum absolute atomic E-state index is 0.0175. The van der Waals surface area contributed by atoms with Crippen LogP contribution in [0.25, 0.3) is 0 Å². The highest BCUT2D eigenvalue weighted by Crippen LogP contribution is 2.08. The summed E-state index contributed by atoms with van der Waals surface area (Å²) in [6, 6.07) is 3.54. The molecule has 0 saturated carbocycles. The van der Waals surface area contributed by atoms with E-state index in [1.165, 1.54) is 0 Å². The fourth-order valence-electron chi connectivity index (χ4n) is 0.845. The van der Waals surface area contributed by atoms with Gasteiger partial charge in [0.1, 0.15) is 5.82 Å². The number of hydrogen-bond acceptors (Lipinski definition) is 4. The van der Waals surface area contributed by atoms with E-state index >= 15 is 0 Å². The number of aliphatic hydroxyl groups excluding tert-OH is 1. The summed E-state index contributed by atoms with van der Waals surface area (Å²) in [7, 11) is 0. The molecule has 0 saturated heterocycles. The van der Waals surface area contributed by atoms with Crippen molar-refractivity contribution in [2.75, 3.05) is 11.1 Å². The van der Waals surface area contributed by atoms with Crippen LogP contribution in [0.15, 0.2) is 18.3 Å². The highest BCUT2D eigenvalue weighted by molar-refractivity contribution is 5.44. The number of hydrogen-bond donors (Lipinski definition) is 3. The minimum atomic E-state index is -0.403. The lowest BCUT2D eigenvalue weighted by molar-refractivity contribution is 0.177. The SMILES string of the molecule is CC(O)C(C)Nc1ccc(N)cn1. The number of nitrogens with zero attached hydrogens (tertiary/aromatic N) is 1.